The number of nitrogens with zero attached hydrogens (tertiary/aromatic N) is 6. The molecule has 2 aliphatic heterocycles. The van der Waals surface area contributed by atoms with Crippen molar-refractivity contribution in [3.63, 3.8) is 0 Å². The number of anilines is 3. The van der Waals surface area contributed by atoms with Gasteiger partial charge in [0.15, 0.2) is 5.58 Å². The number of aromatic nitrogens is 3. The maximum Gasteiger partial charge on any atom is 0.298 e. The van der Waals surface area contributed by atoms with Crippen molar-refractivity contribution in [2.75, 3.05) is 47.9 Å². The molecule has 2 amide bonds. The number of oxazole rings is 1. The average molecular weight is 542 g/mol. The summed E-state index contributed by atoms with van der Waals surface area (Å²) >= 11 is 0.880. The van der Waals surface area contributed by atoms with Crippen LogP contribution < -0.4 is 20.0 Å². The fourth-order valence-corrected chi connectivity index (χ4v) is 5.32. The summed E-state index contributed by atoms with van der Waals surface area (Å²) in [6, 6.07) is 20.4. The predicted molar refractivity (Wildman–Crippen MR) is 153 cm³/mol. The van der Waals surface area contributed by atoms with E-state index in [9.17, 15) is 9.59 Å². The molecule has 11 heteroatoms. The molecule has 0 unspecified atom stereocenters. The van der Waals surface area contributed by atoms with E-state index < -0.39 is 5.91 Å². The van der Waals surface area contributed by atoms with Crippen LogP contribution in [-0.4, -0.2) is 59.3 Å². The highest BCUT2D eigenvalue weighted by Gasteiger charge is 2.26. The summed E-state index contributed by atoms with van der Waals surface area (Å²) in [6.07, 6.45) is 2.52. The fourth-order valence-electron chi connectivity index (χ4n) is 4.65. The molecule has 0 atom stereocenters. The normalized spacial score (nSPS) is 17.1. The molecule has 4 heterocycles. The van der Waals surface area contributed by atoms with Crippen LogP contribution in [0.5, 0.6) is 0 Å². The lowest BCUT2D eigenvalue weighted by atomic mass is 10.2. The van der Waals surface area contributed by atoms with Crippen LogP contribution in [0.15, 0.2) is 70.0 Å². The van der Waals surface area contributed by atoms with Gasteiger partial charge in [0.25, 0.3) is 17.2 Å². The van der Waals surface area contributed by atoms with Crippen molar-refractivity contribution in [2.45, 2.75) is 13.0 Å². The van der Waals surface area contributed by atoms with Crippen molar-refractivity contribution >= 4 is 57.9 Å². The minimum absolute atomic E-state index is 0.319. The number of para-hydroxylation sites is 2. The zero-order chi connectivity index (χ0) is 26.8. The van der Waals surface area contributed by atoms with Crippen LogP contribution in [0, 0.1) is 0 Å². The number of hydrogen-bond acceptors (Lipinski definition) is 10. The number of fused-ring (bicyclic) bond motifs is 1. The van der Waals surface area contributed by atoms with Crippen LogP contribution in [0.4, 0.5) is 22.6 Å². The molecule has 2 aromatic heterocycles. The lowest BCUT2D eigenvalue weighted by Gasteiger charge is -2.24. The Kier molecular flexibility index (Phi) is 6.89. The second kappa shape index (κ2) is 10.8. The van der Waals surface area contributed by atoms with Gasteiger partial charge in [0.05, 0.1) is 10.6 Å². The van der Waals surface area contributed by atoms with E-state index in [1.54, 1.807) is 6.08 Å². The van der Waals surface area contributed by atoms with Gasteiger partial charge in [0, 0.05) is 45.8 Å². The van der Waals surface area contributed by atoms with Gasteiger partial charge in [-0.05, 0) is 42.0 Å². The second-order valence-corrected chi connectivity index (χ2v) is 10.5. The number of amides is 2. The quantitative estimate of drug-likeness (QED) is 0.355. The first kappa shape index (κ1) is 24.9. The number of carbonyl (C=O) groups is 2. The lowest BCUT2D eigenvalue weighted by Crippen LogP contribution is -2.32. The number of benzene rings is 2. The van der Waals surface area contributed by atoms with E-state index in [4.69, 9.17) is 14.4 Å². The van der Waals surface area contributed by atoms with E-state index in [1.807, 2.05) is 55.6 Å². The molecule has 10 nitrogen and oxygen atoms in total. The first-order chi connectivity index (χ1) is 19.0. The summed E-state index contributed by atoms with van der Waals surface area (Å²) in [6.45, 7) is 3.59. The summed E-state index contributed by atoms with van der Waals surface area (Å²) < 4.78 is 6.01. The molecule has 6 rings (SSSR count). The second-order valence-electron chi connectivity index (χ2n) is 9.44. The maximum absolute atomic E-state index is 12.2. The Morgan fingerprint density at radius 1 is 0.974 bits per heavy atom. The van der Waals surface area contributed by atoms with Gasteiger partial charge < -0.3 is 19.1 Å². The molecule has 0 saturated carbocycles. The van der Waals surface area contributed by atoms with Crippen LogP contribution in [-0.2, 0) is 11.3 Å². The predicted octanol–water partition coefficient (Wildman–Crippen LogP) is 4.29. The number of thioether (sulfide) groups is 1. The molecule has 198 valence electrons. The van der Waals surface area contributed by atoms with Crippen LogP contribution in [0.1, 0.15) is 17.7 Å². The maximum atomic E-state index is 12.2. The lowest BCUT2D eigenvalue weighted by molar-refractivity contribution is -0.115. The molecule has 2 saturated heterocycles. The van der Waals surface area contributed by atoms with Gasteiger partial charge in [-0.15, -0.1) is 0 Å². The number of carbonyl (C=O) groups excluding carboxylic acids is 2. The van der Waals surface area contributed by atoms with Crippen LogP contribution in [0.3, 0.4) is 0 Å². The first-order valence-electron chi connectivity index (χ1n) is 12.8. The summed E-state index contributed by atoms with van der Waals surface area (Å²) in [7, 11) is 1.98. The minimum atomic E-state index is -0.409. The zero-order valence-corrected chi connectivity index (χ0v) is 22.2. The van der Waals surface area contributed by atoms with E-state index >= 15 is 0 Å². The standard InChI is InChI=1S/C28H27N7O3S/c1-33(18-19-8-3-2-4-9-19)24-17-20(16-23-25(36)32-28(37)39-23)29-26(31-24)34-12-7-13-35(15-14-34)27-30-21-10-5-6-11-22(21)38-27/h2-6,8-11,16-17H,7,12-15,18H2,1H3,(H,32,36,37). The van der Waals surface area contributed by atoms with E-state index in [0.717, 1.165) is 53.8 Å². The van der Waals surface area contributed by atoms with Crippen molar-refractivity contribution in [1.82, 2.24) is 20.3 Å². The van der Waals surface area contributed by atoms with Gasteiger partial charge in [-0.1, -0.05) is 42.5 Å². The van der Waals surface area contributed by atoms with E-state index in [-0.39, 0.29) is 5.24 Å². The Morgan fingerprint density at radius 3 is 2.54 bits per heavy atom. The number of rotatable bonds is 6. The number of hydrogen-bond donors (Lipinski definition) is 1. The highest BCUT2D eigenvalue weighted by molar-refractivity contribution is 8.18. The van der Waals surface area contributed by atoms with E-state index in [2.05, 4.69) is 37.1 Å². The van der Waals surface area contributed by atoms with Crippen LogP contribution in [0.2, 0.25) is 0 Å². The average Bonchev–Trinajstić information content (AvgIpc) is 3.40. The molecule has 0 spiro atoms. The largest absolute Gasteiger partial charge is 0.423 e. The highest BCUT2D eigenvalue weighted by Crippen LogP contribution is 2.28. The molecule has 0 radical (unpaired) electrons. The molecular weight excluding hydrogens is 514 g/mol. The number of imide groups is 1. The molecule has 0 aliphatic carbocycles. The van der Waals surface area contributed by atoms with Crippen molar-refractivity contribution < 1.29 is 14.0 Å². The Labute approximate surface area is 229 Å². The topological polar surface area (TPSA) is 108 Å². The van der Waals surface area contributed by atoms with Gasteiger partial charge in [0.2, 0.25) is 5.95 Å². The Balaban J connectivity index is 1.28. The third-order valence-electron chi connectivity index (χ3n) is 6.63. The third kappa shape index (κ3) is 5.58. The number of nitrogens with one attached hydrogen (secondary N) is 1. The smallest absolute Gasteiger partial charge is 0.298 e. The van der Waals surface area contributed by atoms with Crippen molar-refractivity contribution in [3.8, 4) is 0 Å². The molecule has 2 fully saturated rings. The third-order valence-corrected chi connectivity index (χ3v) is 7.44. The Hall–Kier alpha value is -4.38. The fraction of sp³-hybridized carbons (Fsp3) is 0.250. The van der Waals surface area contributed by atoms with Crippen molar-refractivity contribution in [1.29, 1.82) is 0 Å². The SMILES string of the molecule is CN(Cc1ccccc1)c1cc(C=C2SC(=O)NC2=O)nc(N2CCCN(c3nc4ccccc4o3)CC2)n1. The highest BCUT2D eigenvalue weighted by atomic mass is 32.2. The van der Waals surface area contributed by atoms with Gasteiger partial charge >= 0.3 is 0 Å². The van der Waals surface area contributed by atoms with Crippen LogP contribution >= 0.6 is 11.8 Å². The van der Waals surface area contributed by atoms with Gasteiger partial charge in [-0.2, -0.15) is 9.97 Å². The molecule has 1 N–H and O–H groups in total. The summed E-state index contributed by atoms with van der Waals surface area (Å²) in [5.41, 5.74) is 3.34. The van der Waals surface area contributed by atoms with E-state index in [1.165, 1.54) is 0 Å². The van der Waals surface area contributed by atoms with E-state index in [0.29, 0.717) is 42.2 Å². The molecule has 4 aromatic rings. The zero-order valence-electron chi connectivity index (χ0n) is 21.4. The summed E-state index contributed by atoms with van der Waals surface area (Å²) in [5.74, 6) is 0.895. The molecular formula is C28H27N7O3S. The Bertz CT molecular complexity index is 1520. The Morgan fingerprint density at radius 2 is 1.74 bits per heavy atom. The van der Waals surface area contributed by atoms with Crippen LogP contribution in [0.25, 0.3) is 17.2 Å². The minimum Gasteiger partial charge on any atom is -0.423 e. The molecule has 0 bridgehead atoms. The van der Waals surface area contributed by atoms with Gasteiger partial charge in [-0.25, -0.2) is 4.98 Å². The molecule has 39 heavy (non-hydrogen) atoms. The first-order valence-corrected chi connectivity index (χ1v) is 13.6. The van der Waals surface area contributed by atoms with Gasteiger partial charge in [0.1, 0.15) is 11.3 Å². The molecule has 2 aromatic carbocycles. The van der Waals surface area contributed by atoms with Crippen molar-refractivity contribution in [2.24, 2.45) is 0 Å². The van der Waals surface area contributed by atoms with Gasteiger partial charge in [-0.3, -0.25) is 14.9 Å². The summed E-state index contributed by atoms with van der Waals surface area (Å²) in [5, 5.41) is 1.92. The monoisotopic (exact) mass is 541 g/mol. The molecule has 2 aliphatic rings. The van der Waals surface area contributed by atoms with Crippen molar-refractivity contribution in [3.05, 3.63) is 76.8 Å². The summed E-state index contributed by atoms with van der Waals surface area (Å²) in [4.78, 5) is 45.0.